The fraction of sp³-hybridized carbons (Fsp3) is 0.500. The summed E-state index contributed by atoms with van der Waals surface area (Å²) < 4.78 is 10.6. The molecule has 0 fully saturated rings. The van der Waals surface area contributed by atoms with Gasteiger partial charge in [-0.2, -0.15) is 0 Å². The van der Waals surface area contributed by atoms with Crippen molar-refractivity contribution in [1.82, 2.24) is 4.90 Å². The highest BCUT2D eigenvalue weighted by Crippen LogP contribution is 2.44. The molecule has 2 unspecified atom stereocenters. The molecule has 0 aromatic carbocycles. The van der Waals surface area contributed by atoms with E-state index in [4.69, 9.17) is 9.47 Å². The van der Waals surface area contributed by atoms with E-state index in [1.54, 1.807) is 13.8 Å². The van der Waals surface area contributed by atoms with E-state index in [9.17, 15) is 9.59 Å². The van der Waals surface area contributed by atoms with Crippen LogP contribution >= 0.6 is 11.3 Å². The number of ether oxygens (including phenoxy) is 2. The Balaban J connectivity index is 2.16. The van der Waals surface area contributed by atoms with E-state index in [1.807, 2.05) is 29.3 Å². The predicted octanol–water partition coefficient (Wildman–Crippen LogP) is 2.58. The monoisotopic (exact) mass is 362 g/mol. The molecule has 0 amide bonds. The predicted molar refractivity (Wildman–Crippen MR) is 95.5 cm³/mol. The van der Waals surface area contributed by atoms with Crippen molar-refractivity contribution in [2.45, 2.75) is 26.7 Å². The quantitative estimate of drug-likeness (QED) is 0.753. The molecule has 7 heteroatoms. The second kappa shape index (κ2) is 7.39. The second-order valence-corrected chi connectivity index (χ2v) is 6.81. The van der Waals surface area contributed by atoms with E-state index >= 15 is 0 Å². The number of hydrogen-bond acceptors (Lipinski definition) is 7. The van der Waals surface area contributed by atoms with Crippen LogP contribution in [-0.2, 0) is 19.1 Å². The molecule has 0 spiro atoms. The first-order valence-corrected chi connectivity index (χ1v) is 9.37. The molecule has 1 aromatic rings. The van der Waals surface area contributed by atoms with Gasteiger partial charge in [0.2, 0.25) is 0 Å². The Hall–Kier alpha value is -2.15. The molecule has 2 atom stereocenters. The number of carbonyl (C=O) groups is 2. The number of carbonyl (C=O) groups excluding carboxylic acids is 2. The van der Waals surface area contributed by atoms with Gasteiger partial charge in [0.25, 0.3) is 0 Å². The van der Waals surface area contributed by atoms with E-state index < -0.39 is 11.8 Å². The molecular formula is C18H22N2O4S. The fourth-order valence-corrected chi connectivity index (χ4v) is 4.36. The van der Waals surface area contributed by atoms with Gasteiger partial charge in [-0.15, -0.1) is 11.3 Å². The van der Waals surface area contributed by atoms with E-state index in [1.165, 1.54) is 11.3 Å². The largest absolute Gasteiger partial charge is 0.465 e. The maximum absolute atomic E-state index is 12.8. The van der Waals surface area contributed by atoms with Crippen molar-refractivity contribution in [3.8, 4) is 0 Å². The molecule has 3 rings (SSSR count). The Bertz CT molecular complexity index is 723. The molecule has 0 bridgehead atoms. The smallest absolute Gasteiger partial charge is 0.336 e. The van der Waals surface area contributed by atoms with Crippen molar-refractivity contribution in [3.63, 3.8) is 0 Å². The number of esters is 2. The third-order valence-corrected chi connectivity index (χ3v) is 5.43. The SMILES string of the molecule is CCOC(=O)C1=C(C)N2CCN=C2C(C(=O)OCC)C1c1cccs1. The van der Waals surface area contributed by atoms with Crippen molar-refractivity contribution in [1.29, 1.82) is 0 Å². The summed E-state index contributed by atoms with van der Waals surface area (Å²) in [5.74, 6) is -1.07. The summed E-state index contributed by atoms with van der Waals surface area (Å²) in [4.78, 5) is 33.0. The number of fused-ring (bicyclic) bond motifs is 1. The van der Waals surface area contributed by atoms with Crippen LogP contribution in [0.4, 0.5) is 0 Å². The molecule has 6 nitrogen and oxygen atoms in total. The van der Waals surface area contributed by atoms with Crippen molar-refractivity contribution in [2.24, 2.45) is 10.9 Å². The van der Waals surface area contributed by atoms with Gasteiger partial charge in [-0.05, 0) is 32.2 Å². The first kappa shape index (κ1) is 17.7. The highest BCUT2D eigenvalue weighted by atomic mass is 32.1. The zero-order valence-corrected chi connectivity index (χ0v) is 15.5. The van der Waals surface area contributed by atoms with Gasteiger partial charge in [0.15, 0.2) is 0 Å². The second-order valence-electron chi connectivity index (χ2n) is 5.83. The fourth-order valence-electron chi connectivity index (χ4n) is 3.49. The van der Waals surface area contributed by atoms with Gasteiger partial charge in [-0.25, -0.2) is 4.79 Å². The molecular weight excluding hydrogens is 340 g/mol. The molecule has 0 aliphatic carbocycles. The van der Waals surface area contributed by atoms with Crippen LogP contribution in [0.2, 0.25) is 0 Å². The van der Waals surface area contributed by atoms with Gasteiger partial charge in [0.05, 0.1) is 25.3 Å². The molecule has 0 N–H and O–H groups in total. The van der Waals surface area contributed by atoms with Gasteiger partial charge in [-0.1, -0.05) is 6.07 Å². The lowest BCUT2D eigenvalue weighted by Gasteiger charge is -2.38. The van der Waals surface area contributed by atoms with E-state index in [2.05, 4.69) is 4.99 Å². The number of nitrogens with zero attached hydrogens (tertiary/aromatic N) is 2. The number of thiophene rings is 1. The summed E-state index contributed by atoms with van der Waals surface area (Å²) in [5, 5.41) is 1.94. The summed E-state index contributed by atoms with van der Waals surface area (Å²) in [5.41, 5.74) is 1.34. The van der Waals surface area contributed by atoms with Gasteiger partial charge in [0.1, 0.15) is 11.8 Å². The molecule has 134 valence electrons. The zero-order chi connectivity index (χ0) is 18.0. The van der Waals surface area contributed by atoms with E-state index in [0.29, 0.717) is 24.5 Å². The molecule has 2 aliphatic rings. The van der Waals surface area contributed by atoms with Gasteiger partial charge < -0.3 is 14.4 Å². The third-order valence-electron chi connectivity index (χ3n) is 4.48. The maximum atomic E-state index is 12.8. The summed E-state index contributed by atoms with van der Waals surface area (Å²) in [6.45, 7) is 7.31. The molecule has 2 aliphatic heterocycles. The minimum Gasteiger partial charge on any atom is -0.465 e. The number of allylic oxidation sites excluding steroid dienone is 1. The Labute approximate surface area is 151 Å². The third kappa shape index (κ3) is 3.08. The van der Waals surface area contributed by atoms with Crippen LogP contribution in [0, 0.1) is 5.92 Å². The number of aliphatic imine (C=N–C) groups is 1. The van der Waals surface area contributed by atoms with Gasteiger partial charge in [0, 0.05) is 23.0 Å². The minimum absolute atomic E-state index is 0.289. The van der Waals surface area contributed by atoms with Crippen LogP contribution in [-0.4, -0.2) is 49.0 Å². The normalized spacial score (nSPS) is 22.5. The first-order valence-electron chi connectivity index (χ1n) is 8.49. The summed E-state index contributed by atoms with van der Waals surface area (Å²) >= 11 is 1.52. The van der Waals surface area contributed by atoms with Gasteiger partial charge >= 0.3 is 11.9 Å². The average Bonchev–Trinajstić information content (AvgIpc) is 3.26. The number of rotatable bonds is 5. The molecule has 0 saturated carbocycles. The van der Waals surface area contributed by atoms with Crippen LogP contribution in [0.5, 0.6) is 0 Å². The number of amidine groups is 1. The highest BCUT2D eigenvalue weighted by Gasteiger charge is 2.48. The molecule has 3 heterocycles. The van der Waals surface area contributed by atoms with Crippen LogP contribution in [0.15, 0.2) is 33.8 Å². The minimum atomic E-state index is -0.621. The topological polar surface area (TPSA) is 68.2 Å². The first-order chi connectivity index (χ1) is 12.1. The zero-order valence-electron chi connectivity index (χ0n) is 14.7. The standard InChI is InChI=1S/C18H22N2O4S/c1-4-23-17(21)13-11(3)20-9-8-19-16(20)15(18(22)24-5-2)14(13)12-7-6-10-25-12/h6-7,10,14-15H,4-5,8-9H2,1-3H3. The van der Waals surface area contributed by atoms with Crippen molar-refractivity contribution < 1.29 is 19.1 Å². The molecule has 0 saturated heterocycles. The van der Waals surface area contributed by atoms with Crippen LogP contribution < -0.4 is 0 Å². The Morgan fingerprint density at radius 1 is 1.32 bits per heavy atom. The maximum Gasteiger partial charge on any atom is 0.336 e. The molecule has 25 heavy (non-hydrogen) atoms. The highest BCUT2D eigenvalue weighted by molar-refractivity contribution is 7.10. The van der Waals surface area contributed by atoms with E-state index in [0.717, 1.165) is 10.6 Å². The summed E-state index contributed by atoms with van der Waals surface area (Å²) in [7, 11) is 0. The average molecular weight is 362 g/mol. The number of hydrogen-bond donors (Lipinski definition) is 0. The lowest BCUT2D eigenvalue weighted by atomic mass is 9.79. The molecule has 0 radical (unpaired) electrons. The lowest BCUT2D eigenvalue weighted by Crippen LogP contribution is -2.46. The Kier molecular flexibility index (Phi) is 5.22. The van der Waals surface area contributed by atoms with Crippen LogP contribution in [0.1, 0.15) is 31.6 Å². The Morgan fingerprint density at radius 3 is 2.72 bits per heavy atom. The van der Waals surface area contributed by atoms with Crippen LogP contribution in [0.25, 0.3) is 0 Å². The van der Waals surface area contributed by atoms with Crippen LogP contribution in [0.3, 0.4) is 0 Å². The van der Waals surface area contributed by atoms with Crippen molar-refractivity contribution in [3.05, 3.63) is 33.7 Å². The van der Waals surface area contributed by atoms with Crippen molar-refractivity contribution in [2.75, 3.05) is 26.3 Å². The lowest BCUT2D eigenvalue weighted by molar-refractivity contribution is -0.146. The van der Waals surface area contributed by atoms with Gasteiger partial charge in [-0.3, -0.25) is 9.79 Å². The molecule has 1 aromatic heterocycles. The van der Waals surface area contributed by atoms with E-state index in [-0.39, 0.29) is 25.2 Å². The summed E-state index contributed by atoms with van der Waals surface area (Å²) in [6, 6.07) is 3.86. The Morgan fingerprint density at radius 2 is 2.08 bits per heavy atom. The summed E-state index contributed by atoms with van der Waals surface area (Å²) in [6.07, 6.45) is 0. The van der Waals surface area contributed by atoms with Crippen molar-refractivity contribution >= 4 is 29.1 Å².